The first-order chi connectivity index (χ1) is 10.8. The van der Waals surface area contributed by atoms with Gasteiger partial charge in [0.05, 0.1) is 10.2 Å². The number of benzene rings is 3. The summed E-state index contributed by atoms with van der Waals surface area (Å²) in [5.41, 5.74) is 2.07. The number of halogens is 1. The van der Waals surface area contributed by atoms with Crippen molar-refractivity contribution in [2.45, 2.75) is 0 Å². The molecule has 4 rings (SSSR count). The molecule has 0 bridgehead atoms. The Hall–Kier alpha value is -2.04. The van der Waals surface area contributed by atoms with Crippen LogP contribution in [0.15, 0.2) is 70.1 Å². The summed E-state index contributed by atoms with van der Waals surface area (Å²) in [5.74, 6) is 0. The number of thiazole rings is 1. The molecule has 4 heteroatoms. The van der Waals surface area contributed by atoms with Gasteiger partial charge in [0.2, 0.25) is 5.13 Å². The summed E-state index contributed by atoms with van der Waals surface area (Å²) >= 11 is 5.06. The molecule has 3 aromatic carbocycles. The third-order valence-electron chi connectivity index (χ3n) is 3.46. The van der Waals surface area contributed by atoms with E-state index in [-0.39, 0.29) is 0 Å². The minimum absolute atomic E-state index is 0.786. The lowest BCUT2D eigenvalue weighted by Gasteiger charge is -1.96. The van der Waals surface area contributed by atoms with Crippen LogP contribution in [0.1, 0.15) is 5.56 Å². The largest absolute Gasteiger partial charge is 0.227 e. The summed E-state index contributed by atoms with van der Waals surface area (Å²) in [5, 5.41) is 3.26. The molecule has 0 aliphatic carbocycles. The average molecular weight is 367 g/mol. The van der Waals surface area contributed by atoms with E-state index in [4.69, 9.17) is 0 Å². The van der Waals surface area contributed by atoms with Crippen molar-refractivity contribution in [2.24, 2.45) is 4.99 Å². The van der Waals surface area contributed by atoms with Gasteiger partial charge in [-0.15, -0.1) is 0 Å². The molecule has 0 spiro atoms. The van der Waals surface area contributed by atoms with Gasteiger partial charge in [-0.2, -0.15) is 0 Å². The van der Waals surface area contributed by atoms with Crippen LogP contribution in [0.2, 0.25) is 0 Å². The zero-order chi connectivity index (χ0) is 14.9. The van der Waals surface area contributed by atoms with Crippen LogP contribution in [0.3, 0.4) is 0 Å². The minimum Gasteiger partial charge on any atom is -0.227 e. The number of hydrogen-bond donors (Lipinski definition) is 0. The van der Waals surface area contributed by atoms with Crippen molar-refractivity contribution in [2.75, 3.05) is 0 Å². The Labute approximate surface area is 140 Å². The van der Waals surface area contributed by atoms with Crippen molar-refractivity contribution in [1.82, 2.24) is 4.98 Å². The average Bonchev–Trinajstić information content (AvgIpc) is 2.98. The van der Waals surface area contributed by atoms with Gasteiger partial charge in [0, 0.05) is 16.1 Å². The summed E-state index contributed by atoms with van der Waals surface area (Å²) < 4.78 is 2.26. The Balaban J connectivity index is 1.76. The summed E-state index contributed by atoms with van der Waals surface area (Å²) in [4.78, 5) is 9.12. The van der Waals surface area contributed by atoms with Crippen LogP contribution < -0.4 is 0 Å². The van der Waals surface area contributed by atoms with Crippen molar-refractivity contribution in [3.05, 3.63) is 70.7 Å². The van der Waals surface area contributed by atoms with Crippen LogP contribution in [0.4, 0.5) is 5.13 Å². The number of nitrogens with zero attached hydrogens (tertiary/aromatic N) is 2. The van der Waals surface area contributed by atoms with Crippen molar-refractivity contribution in [1.29, 1.82) is 0 Å². The summed E-state index contributed by atoms with van der Waals surface area (Å²) in [7, 11) is 0. The molecule has 0 N–H and O–H groups in total. The maximum Gasteiger partial charge on any atom is 0.210 e. The van der Waals surface area contributed by atoms with Gasteiger partial charge in [0.25, 0.3) is 0 Å². The molecular weight excluding hydrogens is 356 g/mol. The molecule has 0 radical (unpaired) electrons. The first-order valence-electron chi connectivity index (χ1n) is 6.87. The number of hydrogen-bond acceptors (Lipinski definition) is 3. The molecule has 0 fully saturated rings. The Kier molecular flexibility index (Phi) is 3.48. The van der Waals surface area contributed by atoms with Crippen molar-refractivity contribution >= 4 is 59.6 Å². The molecule has 0 saturated heterocycles. The lowest BCUT2D eigenvalue weighted by molar-refractivity contribution is 1.41. The third-order valence-corrected chi connectivity index (χ3v) is 5.00. The van der Waals surface area contributed by atoms with E-state index in [9.17, 15) is 0 Å². The standard InChI is InChI=1S/C18H11BrN2S/c19-14-8-5-12(6-9-14)11-20-18-21-16-10-7-13-3-1-2-4-15(13)17(16)22-18/h1-11H. The quantitative estimate of drug-likeness (QED) is 0.401. The molecule has 0 saturated carbocycles. The lowest BCUT2D eigenvalue weighted by Crippen LogP contribution is -1.78. The fourth-order valence-corrected chi connectivity index (χ4v) is 3.59. The fraction of sp³-hybridized carbons (Fsp3) is 0. The molecule has 1 heterocycles. The molecule has 0 aliphatic heterocycles. The fourth-order valence-electron chi connectivity index (χ4n) is 2.38. The topological polar surface area (TPSA) is 25.2 Å². The number of aliphatic imine (C=N–C) groups is 1. The van der Waals surface area contributed by atoms with E-state index in [2.05, 4.69) is 62.3 Å². The second kappa shape index (κ2) is 5.63. The maximum atomic E-state index is 4.61. The minimum atomic E-state index is 0.786. The smallest absolute Gasteiger partial charge is 0.210 e. The Morgan fingerprint density at radius 3 is 2.64 bits per heavy atom. The summed E-state index contributed by atoms with van der Waals surface area (Å²) in [6.07, 6.45) is 1.85. The van der Waals surface area contributed by atoms with Crippen LogP contribution >= 0.6 is 27.3 Å². The molecule has 1 aromatic heterocycles. The molecule has 0 atom stereocenters. The molecule has 0 unspecified atom stereocenters. The number of aromatic nitrogens is 1. The predicted molar refractivity (Wildman–Crippen MR) is 98.5 cm³/mol. The zero-order valence-corrected chi connectivity index (χ0v) is 13.9. The predicted octanol–water partition coefficient (Wildman–Crippen LogP) is 5.96. The van der Waals surface area contributed by atoms with Crippen molar-refractivity contribution in [3.63, 3.8) is 0 Å². The van der Waals surface area contributed by atoms with E-state index in [0.29, 0.717) is 0 Å². The van der Waals surface area contributed by atoms with Gasteiger partial charge >= 0.3 is 0 Å². The van der Waals surface area contributed by atoms with Gasteiger partial charge in [-0.3, -0.25) is 0 Å². The second-order valence-electron chi connectivity index (χ2n) is 4.94. The summed E-state index contributed by atoms with van der Waals surface area (Å²) in [6, 6.07) is 20.6. The molecule has 0 amide bonds. The van der Waals surface area contributed by atoms with E-state index in [1.54, 1.807) is 11.3 Å². The molecule has 2 nitrogen and oxygen atoms in total. The lowest BCUT2D eigenvalue weighted by atomic mass is 10.1. The Bertz CT molecular complexity index is 987. The summed E-state index contributed by atoms with van der Waals surface area (Å²) in [6.45, 7) is 0. The van der Waals surface area contributed by atoms with E-state index in [1.807, 2.05) is 30.5 Å². The van der Waals surface area contributed by atoms with Crippen LogP contribution in [0, 0.1) is 0 Å². The monoisotopic (exact) mass is 366 g/mol. The van der Waals surface area contributed by atoms with E-state index >= 15 is 0 Å². The van der Waals surface area contributed by atoms with Gasteiger partial charge in [0.1, 0.15) is 0 Å². The van der Waals surface area contributed by atoms with Crippen molar-refractivity contribution in [3.8, 4) is 0 Å². The van der Waals surface area contributed by atoms with Gasteiger partial charge in [-0.05, 0) is 29.1 Å². The molecular formula is C18H11BrN2S. The highest BCUT2D eigenvalue weighted by Crippen LogP contribution is 2.33. The van der Waals surface area contributed by atoms with E-state index in [0.717, 1.165) is 20.7 Å². The maximum absolute atomic E-state index is 4.61. The molecule has 106 valence electrons. The normalized spacial score (nSPS) is 11.7. The van der Waals surface area contributed by atoms with E-state index < -0.39 is 0 Å². The second-order valence-corrected chi connectivity index (χ2v) is 6.83. The SMILES string of the molecule is Brc1ccc(C=Nc2nc3ccc4ccccc4c3s2)cc1. The highest BCUT2D eigenvalue weighted by Gasteiger charge is 2.06. The van der Waals surface area contributed by atoms with Gasteiger partial charge in [-0.1, -0.05) is 69.7 Å². The van der Waals surface area contributed by atoms with Crippen LogP contribution in [0.25, 0.3) is 21.0 Å². The highest BCUT2D eigenvalue weighted by atomic mass is 79.9. The van der Waals surface area contributed by atoms with Crippen LogP contribution in [-0.2, 0) is 0 Å². The van der Waals surface area contributed by atoms with E-state index in [1.165, 1.54) is 15.5 Å². The first kappa shape index (κ1) is 13.6. The number of rotatable bonds is 2. The Morgan fingerprint density at radius 2 is 1.77 bits per heavy atom. The van der Waals surface area contributed by atoms with Gasteiger partial charge < -0.3 is 0 Å². The Morgan fingerprint density at radius 1 is 0.955 bits per heavy atom. The molecule has 22 heavy (non-hydrogen) atoms. The number of fused-ring (bicyclic) bond motifs is 3. The molecule has 4 aromatic rings. The van der Waals surface area contributed by atoms with Crippen LogP contribution in [-0.4, -0.2) is 11.2 Å². The third kappa shape index (κ3) is 2.56. The van der Waals surface area contributed by atoms with Gasteiger partial charge in [-0.25, -0.2) is 9.98 Å². The zero-order valence-electron chi connectivity index (χ0n) is 11.5. The van der Waals surface area contributed by atoms with Crippen LogP contribution in [0.5, 0.6) is 0 Å². The highest BCUT2D eigenvalue weighted by molar-refractivity contribution is 9.10. The van der Waals surface area contributed by atoms with Gasteiger partial charge in [0.15, 0.2) is 0 Å². The first-order valence-corrected chi connectivity index (χ1v) is 8.48. The molecule has 0 aliphatic rings. The van der Waals surface area contributed by atoms with Crippen molar-refractivity contribution < 1.29 is 0 Å².